The van der Waals surface area contributed by atoms with Crippen molar-refractivity contribution in [2.24, 2.45) is 0 Å². The van der Waals surface area contributed by atoms with Crippen molar-refractivity contribution in [3.8, 4) is 0 Å². The summed E-state index contributed by atoms with van der Waals surface area (Å²) < 4.78 is 13.1. The lowest BCUT2D eigenvalue weighted by Crippen LogP contribution is -2.47. The number of anilines is 2. The first kappa shape index (κ1) is 23.6. The van der Waals surface area contributed by atoms with E-state index in [2.05, 4.69) is 15.1 Å². The van der Waals surface area contributed by atoms with Crippen LogP contribution in [0.2, 0.25) is 0 Å². The second kappa shape index (κ2) is 11.5. The number of carbonyl (C=O) groups excluding carboxylic acids is 2. The average Bonchev–Trinajstić information content (AvgIpc) is 2.86. The Labute approximate surface area is 199 Å². The highest BCUT2D eigenvalue weighted by molar-refractivity contribution is 7.99. The number of amides is 2. The van der Waals surface area contributed by atoms with Crippen LogP contribution >= 0.6 is 11.8 Å². The van der Waals surface area contributed by atoms with Crippen molar-refractivity contribution in [2.45, 2.75) is 24.2 Å². The quantitative estimate of drug-likeness (QED) is 0.600. The highest BCUT2D eigenvalue weighted by Gasteiger charge is 2.23. The van der Waals surface area contributed by atoms with Crippen LogP contribution in [0.15, 0.2) is 53.4 Å². The number of hydrogen-bond donors (Lipinski definition) is 1. The van der Waals surface area contributed by atoms with Crippen LogP contribution in [0.25, 0.3) is 0 Å². The molecule has 2 aromatic rings. The van der Waals surface area contributed by atoms with Gasteiger partial charge in [-0.1, -0.05) is 12.1 Å². The minimum absolute atomic E-state index is 0.0110. The van der Waals surface area contributed by atoms with Crippen molar-refractivity contribution < 1.29 is 14.0 Å². The van der Waals surface area contributed by atoms with Crippen LogP contribution in [-0.4, -0.2) is 68.3 Å². The summed E-state index contributed by atoms with van der Waals surface area (Å²) in [4.78, 5) is 32.5. The van der Waals surface area contributed by atoms with Crippen LogP contribution < -0.4 is 15.1 Å². The zero-order valence-electron chi connectivity index (χ0n) is 18.8. The summed E-state index contributed by atoms with van der Waals surface area (Å²) in [5, 5.41) is 2.95. The van der Waals surface area contributed by atoms with Gasteiger partial charge >= 0.3 is 0 Å². The number of piperazine rings is 1. The number of halogens is 1. The summed E-state index contributed by atoms with van der Waals surface area (Å²) in [6.07, 6.45) is 1.34. The van der Waals surface area contributed by atoms with Crippen LogP contribution in [0, 0.1) is 5.82 Å². The maximum Gasteiger partial charge on any atom is 0.227 e. The number of para-hydroxylation sites is 1. The fourth-order valence-corrected chi connectivity index (χ4v) is 5.28. The molecule has 6 nitrogen and oxygen atoms in total. The van der Waals surface area contributed by atoms with Crippen LogP contribution in [0.1, 0.15) is 19.3 Å². The van der Waals surface area contributed by atoms with Gasteiger partial charge < -0.3 is 15.1 Å². The predicted octanol–water partition coefficient (Wildman–Crippen LogP) is 3.37. The topological polar surface area (TPSA) is 55.9 Å². The van der Waals surface area contributed by atoms with E-state index in [1.54, 1.807) is 11.8 Å². The number of carbonyl (C=O) groups is 2. The molecule has 0 bridgehead atoms. The normalized spacial score (nSPS) is 16.4. The molecule has 1 N–H and O–H groups in total. The molecule has 0 unspecified atom stereocenters. The number of benzene rings is 2. The van der Waals surface area contributed by atoms with Crippen molar-refractivity contribution in [1.82, 2.24) is 10.2 Å². The molecule has 2 aliphatic rings. The third-order valence-electron chi connectivity index (χ3n) is 6.13. The Morgan fingerprint density at radius 3 is 2.48 bits per heavy atom. The first-order valence-corrected chi connectivity index (χ1v) is 12.6. The highest BCUT2D eigenvalue weighted by Crippen LogP contribution is 2.34. The molecule has 8 heteroatoms. The lowest BCUT2D eigenvalue weighted by Gasteiger charge is -2.36. The predicted molar refractivity (Wildman–Crippen MR) is 131 cm³/mol. The molecular weight excluding hydrogens is 439 g/mol. The number of thioether (sulfide) groups is 1. The fraction of sp³-hybridized carbons (Fsp3) is 0.440. The van der Waals surface area contributed by atoms with Gasteiger partial charge in [-0.25, -0.2) is 4.39 Å². The number of fused-ring (bicyclic) bond motifs is 1. The first-order chi connectivity index (χ1) is 16.1. The zero-order valence-corrected chi connectivity index (χ0v) is 19.7. The van der Waals surface area contributed by atoms with Crippen LogP contribution in [0.4, 0.5) is 15.8 Å². The van der Waals surface area contributed by atoms with E-state index in [0.29, 0.717) is 13.1 Å². The highest BCUT2D eigenvalue weighted by atomic mass is 32.2. The molecule has 0 saturated carbocycles. The van der Waals surface area contributed by atoms with E-state index in [9.17, 15) is 14.0 Å². The van der Waals surface area contributed by atoms with Gasteiger partial charge in [0.2, 0.25) is 11.8 Å². The van der Waals surface area contributed by atoms with Gasteiger partial charge in [0.1, 0.15) is 5.82 Å². The van der Waals surface area contributed by atoms with Gasteiger partial charge in [0.25, 0.3) is 0 Å². The van der Waals surface area contributed by atoms with Gasteiger partial charge in [0.15, 0.2) is 0 Å². The van der Waals surface area contributed by atoms with Gasteiger partial charge in [-0.2, -0.15) is 0 Å². The summed E-state index contributed by atoms with van der Waals surface area (Å²) in [5.74, 6) is 0.619. The smallest absolute Gasteiger partial charge is 0.227 e. The van der Waals surface area contributed by atoms with E-state index in [4.69, 9.17) is 0 Å². The summed E-state index contributed by atoms with van der Waals surface area (Å²) >= 11 is 1.77. The van der Waals surface area contributed by atoms with Crippen molar-refractivity contribution in [1.29, 1.82) is 0 Å². The van der Waals surface area contributed by atoms with Crippen molar-refractivity contribution in [3.05, 3.63) is 54.3 Å². The Kier molecular flexibility index (Phi) is 8.23. The van der Waals surface area contributed by atoms with E-state index in [0.717, 1.165) is 61.2 Å². The van der Waals surface area contributed by atoms with Gasteiger partial charge in [0.05, 0.1) is 5.69 Å². The standard InChI is InChI=1S/C25H31FN4O2S/c26-20-6-8-21(9-7-20)29-16-14-28(15-17-29)13-3-12-27-24(31)10-11-25(32)30-18-19-33-23-5-2-1-4-22(23)30/h1-2,4-9H,3,10-19H2,(H,27,31). The van der Waals surface area contributed by atoms with Gasteiger partial charge in [-0.05, 0) is 49.4 Å². The van der Waals surface area contributed by atoms with Crippen LogP contribution in [0.3, 0.4) is 0 Å². The largest absolute Gasteiger partial charge is 0.369 e. The first-order valence-electron chi connectivity index (χ1n) is 11.6. The summed E-state index contributed by atoms with van der Waals surface area (Å²) in [7, 11) is 0. The van der Waals surface area contributed by atoms with Crippen molar-refractivity contribution in [3.63, 3.8) is 0 Å². The fourth-order valence-electron chi connectivity index (χ4n) is 4.28. The maximum absolute atomic E-state index is 13.1. The summed E-state index contributed by atoms with van der Waals surface area (Å²) in [5.41, 5.74) is 2.02. The molecule has 176 valence electrons. The molecule has 0 spiro atoms. The lowest BCUT2D eigenvalue weighted by molar-refractivity contribution is -0.125. The molecule has 1 saturated heterocycles. The van der Waals surface area contributed by atoms with Gasteiger partial charge in [-0.15, -0.1) is 11.8 Å². The van der Waals surface area contributed by atoms with E-state index >= 15 is 0 Å². The molecular formula is C25H31FN4O2S. The third kappa shape index (κ3) is 6.48. The van der Waals surface area contributed by atoms with Crippen LogP contribution in [-0.2, 0) is 9.59 Å². The van der Waals surface area contributed by atoms with Crippen molar-refractivity contribution in [2.75, 3.05) is 61.4 Å². The van der Waals surface area contributed by atoms with E-state index in [1.165, 1.54) is 12.1 Å². The SMILES string of the molecule is O=C(CCC(=O)N1CCSc2ccccc21)NCCCN1CCN(c2ccc(F)cc2)CC1. The monoisotopic (exact) mass is 470 g/mol. The van der Waals surface area contributed by atoms with Gasteiger partial charge in [0, 0.05) is 68.4 Å². The molecule has 0 radical (unpaired) electrons. The minimum atomic E-state index is -0.209. The Morgan fingerprint density at radius 2 is 1.70 bits per heavy atom. The van der Waals surface area contributed by atoms with E-state index in [-0.39, 0.29) is 30.5 Å². The number of nitrogens with one attached hydrogen (secondary N) is 1. The molecule has 0 aromatic heterocycles. The Balaban J connectivity index is 1.10. The minimum Gasteiger partial charge on any atom is -0.369 e. The maximum atomic E-state index is 13.1. The summed E-state index contributed by atoms with van der Waals surface area (Å²) in [6, 6.07) is 14.6. The molecule has 0 aliphatic carbocycles. The molecule has 0 atom stereocenters. The average molecular weight is 471 g/mol. The summed E-state index contributed by atoms with van der Waals surface area (Å²) in [6.45, 7) is 5.98. The second-order valence-electron chi connectivity index (χ2n) is 8.37. The number of nitrogens with zero attached hydrogens (tertiary/aromatic N) is 3. The van der Waals surface area contributed by atoms with Crippen molar-refractivity contribution >= 4 is 35.0 Å². The van der Waals surface area contributed by atoms with E-state index in [1.807, 2.05) is 41.3 Å². The van der Waals surface area contributed by atoms with E-state index < -0.39 is 0 Å². The molecule has 33 heavy (non-hydrogen) atoms. The number of rotatable bonds is 8. The zero-order chi connectivity index (χ0) is 23.0. The lowest BCUT2D eigenvalue weighted by atomic mass is 10.2. The molecule has 2 aromatic carbocycles. The molecule has 2 aliphatic heterocycles. The molecule has 1 fully saturated rings. The molecule has 4 rings (SSSR count). The Morgan fingerprint density at radius 1 is 0.939 bits per heavy atom. The van der Waals surface area contributed by atoms with Gasteiger partial charge in [-0.3, -0.25) is 14.5 Å². The Bertz CT molecular complexity index is 948. The molecule has 2 amide bonds. The second-order valence-corrected chi connectivity index (χ2v) is 9.51. The number of hydrogen-bond acceptors (Lipinski definition) is 5. The van der Waals surface area contributed by atoms with Crippen LogP contribution in [0.5, 0.6) is 0 Å². The Hall–Kier alpha value is -2.58. The third-order valence-corrected chi connectivity index (χ3v) is 7.18. The molecule has 2 heterocycles.